The summed E-state index contributed by atoms with van der Waals surface area (Å²) in [6.07, 6.45) is 21.6. The van der Waals surface area contributed by atoms with E-state index in [1.807, 2.05) is 133 Å². The number of rotatable bonds is 7. The van der Waals surface area contributed by atoms with Gasteiger partial charge < -0.3 is 15.2 Å². The number of benzene rings is 6. The SMILES string of the molecule is CC1=NN=C(c2ccccc2)C2C(OC(=O)Nc3cc(C)cc(C)c3)CCCCCC12.Cc1cc(C)cc(N)c1.Cc1cc(C)cc(NC(=O)OC2/C=C/CCCCC2)c1.Cc1nnc(-c2ccccc2)c2c1CCCCCC2.Cc1nnc(-c2ccccc2)nn1.N#N.O=C=O. The summed E-state index contributed by atoms with van der Waals surface area (Å²) in [5, 5.41) is 51.2. The topological polar surface area (TPSA) is 286 Å². The van der Waals surface area contributed by atoms with Crippen LogP contribution in [0.15, 0.2) is 168 Å². The third-order valence-electron chi connectivity index (χ3n) is 16.6. The molecule has 0 saturated heterocycles. The van der Waals surface area contributed by atoms with Crippen LogP contribution in [0.1, 0.15) is 158 Å². The van der Waals surface area contributed by atoms with Crippen molar-refractivity contribution in [1.82, 2.24) is 30.6 Å². The normalized spacial score (nSPS) is 17.1. The molecule has 3 heterocycles. The van der Waals surface area contributed by atoms with Crippen molar-refractivity contribution in [3.05, 3.63) is 219 Å². The molecule has 19 heteroatoms. The van der Waals surface area contributed by atoms with Gasteiger partial charge in [0.15, 0.2) is 5.82 Å². The first-order valence-corrected chi connectivity index (χ1v) is 33.5. The second-order valence-corrected chi connectivity index (χ2v) is 24.8. The number of anilines is 3. The smallest absolute Gasteiger partial charge is 0.412 e. The minimum Gasteiger partial charge on any atom is -0.445 e. The summed E-state index contributed by atoms with van der Waals surface area (Å²) in [5.74, 6) is 1.41. The zero-order valence-corrected chi connectivity index (χ0v) is 57.6. The van der Waals surface area contributed by atoms with Crippen molar-refractivity contribution in [1.29, 1.82) is 10.8 Å². The molecule has 12 rings (SSSR count). The molecule has 0 spiro atoms. The predicted molar refractivity (Wildman–Crippen MR) is 383 cm³/mol. The Bertz CT molecular complexity index is 3820. The molecule has 4 N–H and O–H groups in total. The van der Waals surface area contributed by atoms with Gasteiger partial charge in [0, 0.05) is 56.5 Å². The number of carbonyl (C=O) groups excluding carboxylic acids is 4. The molecule has 1 fully saturated rings. The van der Waals surface area contributed by atoms with Crippen molar-refractivity contribution in [2.24, 2.45) is 22.0 Å². The van der Waals surface area contributed by atoms with Crippen molar-refractivity contribution in [2.45, 2.75) is 177 Å². The highest BCUT2D eigenvalue weighted by molar-refractivity contribution is 6.07. The first-order valence-electron chi connectivity index (χ1n) is 33.5. The Kier molecular flexibility index (Phi) is 31.7. The number of nitrogens with two attached hydrogens (primary N) is 1. The number of nitrogen functional groups attached to an aromatic ring is 1. The summed E-state index contributed by atoms with van der Waals surface area (Å²) in [4.78, 5) is 41.1. The molecule has 2 aromatic heterocycles. The van der Waals surface area contributed by atoms with E-state index in [2.05, 4.69) is 132 Å². The van der Waals surface area contributed by atoms with Crippen LogP contribution in [0.4, 0.5) is 26.7 Å². The van der Waals surface area contributed by atoms with E-state index >= 15 is 0 Å². The molecule has 8 aromatic rings. The lowest BCUT2D eigenvalue weighted by Crippen LogP contribution is -2.43. The lowest BCUT2D eigenvalue weighted by Gasteiger charge is -2.37. The maximum Gasteiger partial charge on any atom is 0.412 e. The van der Waals surface area contributed by atoms with E-state index in [-0.39, 0.29) is 36.3 Å². The molecular formula is C78H93N13O6. The van der Waals surface area contributed by atoms with Gasteiger partial charge in [0.05, 0.1) is 17.1 Å². The van der Waals surface area contributed by atoms with Gasteiger partial charge in [-0.3, -0.25) is 10.6 Å². The molecule has 2 amide bonds. The molecule has 506 valence electrons. The van der Waals surface area contributed by atoms with E-state index in [1.165, 1.54) is 66.3 Å². The summed E-state index contributed by atoms with van der Waals surface area (Å²) < 4.78 is 11.6. The van der Waals surface area contributed by atoms with E-state index in [0.29, 0.717) is 11.6 Å². The molecule has 1 aliphatic heterocycles. The summed E-state index contributed by atoms with van der Waals surface area (Å²) in [7, 11) is 0. The number of amides is 2. The van der Waals surface area contributed by atoms with Crippen molar-refractivity contribution in [3.8, 4) is 22.6 Å². The van der Waals surface area contributed by atoms with Gasteiger partial charge in [-0.1, -0.05) is 147 Å². The number of aryl methyl sites for hydroxylation is 8. The van der Waals surface area contributed by atoms with Gasteiger partial charge >= 0.3 is 18.3 Å². The van der Waals surface area contributed by atoms with Crippen LogP contribution in [0.25, 0.3) is 22.6 Å². The number of ether oxygens (including phenoxy) is 2. The fraction of sp³-hybridized carbons (Fsp3) is 0.372. The molecule has 0 radical (unpaired) electrons. The van der Waals surface area contributed by atoms with Crippen molar-refractivity contribution in [3.63, 3.8) is 0 Å². The van der Waals surface area contributed by atoms with Gasteiger partial charge in [-0.15, -0.1) is 25.5 Å². The molecule has 0 bridgehead atoms. The molecule has 4 unspecified atom stereocenters. The Morgan fingerprint density at radius 2 is 0.959 bits per heavy atom. The molecule has 97 heavy (non-hydrogen) atoms. The van der Waals surface area contributed by atoms with E-state index in [1.54, 1.807) is 6.92 Å². The van der Waals surface area contributed by atoms with Gasteiger partial charge in [-0.05, 0) is 225 Å². The highest BCUT2D eigenvalue weighted by atomic mass is 16.6. The minimum atomic E-state index is -0.401. The van der Waals surface area contributed by atoms with Crippen LogP contribution in [-0.4, -0.2) is 72.6 Å². The number of fused-ring (bicyclic) bond motifs is 2. The fourth-order valence-electron chi connectivity index (χ4n) is 12.5. The number of aromatic nitrogens is 6. The van der Waals surface area contributed by atoms with Crippen LogP contribution >= 0.6 is 0 Å². The Labute approximate surface area is 571 Å². The maximum absolute atomic E-state index is 12.9. The summed E-state index contributed by atoms with van der Waals surface area (Å²) in [6, 6.07) is 48.3. The number of carbonyl (C=O) groups is 2. The van der Waals surface area contributed by atoms with E-state index in [0.717, 1.165) is 137 Å². The van der Waals surface area contributed by atoms with Crippen LogP contribution in [0, 0.1) is 78.0 Å². The Hall–Kier alpha value is -10.4. The number of hydrogen-bond donors (Lipinski definition) is 3. The molecule has 1 saturated carbocycles. The molecule has 4 aliphatic rings. The number of hydrogen-bond acceptors (Lipinski definition) is 17. The monoisotopic (exact) mass is 1310 g/mol. The number of nitrogens with zero attached hydrogens (tertiary/aromatic N) is 10. The zero-order valence-electron chi connectivity index (χ0n) is 57.6. The zero-order chi connectivity index (χ0) is 69.9. The average molecular weight is 1310 g/mol. The average Bonchev–Trinajstić information content (AvgIpc) is 0.800. The highest BCUT2D eigenvalue weighted by Gasteiger charge is 2.41. The van der Waals surface area contributed by atoms with Gasteiger partial charge in [-0.2, -0.15) is 24.9 Å². The van der Waals surface area contributed by atoms with Crippen molar-refractivity contribution < 1.29 is 28.7 Å². The highest BCUT2D eigenvalue weighted by Crippen LogP contribution is 2.37. The lowest BCUT2D eigenvalue weighted by molar-refractivity contribution is -0.191. The molecule has 6 aromatic carbocycles. The molecule has 3 aliphatic carbocycles. The van der Waals surface area contributed by atoms with Crippen LogP contribution in [0.5, 0.6) is 0 Å². The van der Waals surface area contributed by atoms with Crippen LogP contribution in [0.2, 0.25) is 0 Å². The molecule has 19 nitrogen and oxygen atoms in total. The second-order valence-electron chi connectivity index (χ2n) is 24.8. The minimum absolute atomic E-state index is 0.0187. The van der Waals surface area contributed by atoms with Gasteiger partial charge in [0.2, 0.25) is 5.82 Å². The van der Waals surface area contributed by atoms with E-state index in [4.69, 9.17) is 35.6 Å². The largest absolute Gasteiger partial charge is 0.445 e. The predicted octanol–water partition coefficient (Wildman–Crippen LogP) is 17.7. The van der Waals surface area contributed by atoms with Gasteiger partial charge in [0.1, 0.15) is 12.2 Å². The summed E-state index contributed by atoms with van der Waals surface area (Å²) in [6.45, 7) is 18.1. The van der Waals surface area contributed by atoms with Gasteiger partial charge in [-0.25, -0.2) is 9.59 Å². The molecular weight excluding hydrogens is 1210 g/mol. The summed E-state index contributed by atoms with van der Waals surface area (Å²) >= 11 is 0. The van der Waals surface area contributed by atoms with E-state index in [9.17, 15) is 9.59 Å². The number of allylic oxidation sites excluding steroid dienone is 1. The van der Waals surface area contributed by atoms with Crippen LogP contribution in [-0.2, 0) is 31.9 Å². The first-order chi connectivity index (χ1) is 47.0. The van der Waals surface area contributed by atoms with Crippen LogP contribution < -0.4 is 16.4 Å². The first kappa shape index (κ1) is 75.6. The Balaban J connectivity index is 0.000000198. The lowest BCUT2D eigenvalue weighted by atomic mass is 9.73. The van der Waals surface area contributed by atoms with Crippen molar-refractivity contribution in [2.75, 3.05) is 16.4 Å². The third-order valence-corrected chi connectivity index (χ3v) is 16.6. The summed E-state index contributed by atoms with van der Waals surface area (Å²) in [5.41, 5.74) is 25.2. The molecule has 4 atom stereocenters. The second kappa shape index (κ2) is 40.7. The van der Waals surface area contributed by atoms with Crippen molar-refractivity contribution >= 4 is 46.8 Å². The van der Waals surface area contributed by atoms with E-state index < -0.39 is 6.09 Å². The Morgan fingerprint density at radius 3 is 1.51 bits per heavy atom. The van der Waals surface area contributed by atoms with Crippen LogP contribution in [0.3, 0.4) is 0 Å². The fourth-order valence-corrected chi connectivity index (χ4v) is 12.5. The standard InChI is InChI=1S/C26H31N3O2.C17H20N2.C17H23NO2.C9H8N4.C8H11N.CO2.N2/c1-17-14-18(2)16-21(15-17)27-26(30)31-23-13-9-5-8-12-22-19(3)28-29-25(24(22)23)20-10-6-4-7-11-20;1-13-15-11-7-2-3-8-12-16(15)17(19-18-13)14-9-5-4-6-10-14;1-13-10-14(2)12-15(11-13)18-17(19)20-16-8-6-4-3-5-7-9-16;1-7-10-12-9(13-11-7)8-5-3-2-4-6-8;1-6-3-7(2)5-8(9)4-6;2-1-3;1-2/h4,6-7,10-11,14-16,22-24H,5,8-9,12-13H2,1-3H3,(H,27,30);4-6,9-10H,2-3,7-8,11-12H2,1H3;6,8,10-12,16H,3-5,7,9H2,1-2H3,(H,18,19);2-6H,1H3;3-5H,9H2,1-2H3;;/b;;8-6+;;;;. The maximum atomic E-state index is 12.9. The van der Waals surface area contributed by atoms with Gasteiger partial charge in [0.25, 0.3) is 0 Å². The quantitative estimate of drug-likeness (QED) is 0.0759. The Morgan fingerprint density at radius 1 is 0.495 bits per heavy atom. The third kappa shape index (κ3) is 25.7. The number of nitrogens with one attached hydrogen (secondary N) is 2.